The Hall–Kier alpha value is -1.89. The lowest BCUT2D eigenvalue weighted by molar-refractivity contribution is 0.443. The van der Waals surface area contributed by atoms with Crippen LogP contribution in [0.3, 0.4) is 0 Å². The van der Waals surface area contributed by atoms with Gasteiger partial charge in [0.2, 0.25) is 0 Å². The minimum Gasteiger partial charge on any atom is -0.207 e. The van der Waals surface area contributed by atoms with E-state index in [4.69, 9.17) is 0 Å². The topological polar surface area (TPSA) is 0 Å². The third-order valence-corrected chi connectivity index (χ3v) is 3.98. The highest BCUT2D eigenvalue weighted by molar-refractivity contribution is 5.47. The molecule has 21 heavy (non-hydrogen) atoms. The van der Waals surface area contributed by atoms with Crippen molar-refractivity contribution in [2.75, 3.05) is 0 Å². The van der Waals surface area contributed by atoms with Gasteiger partial charge in [0.15, 0.2) is 0 Å². The second kappa shape index (κ2) is 8.41. The molecule has 0 unspecified atom stereocenters. The van der Waals surface area contributed by atoms with Crippen molar-refractivity contribution in [3.05, 3.63) is 78.1 Å². The van der Waals surface area contributed by atoms with E-state index in [1.54, 1.807) is 18.2 Å². The molecule has 110 valence electrons. The van der Waals surface area contributed by atoms with Crippen molar-refractivity contribution in [3.63, 3.8) is 0 Å². The molecule has 3 rings (SSSR count). The quantitative estimate of drug-likeness (QED) is 0.615. The molecular formula is C20H23F. The maximum atomic E-state index is 11.9. The molecule has 1 fully saturated rings. The second-order valence-corrected chi connectivity index (χ2v) is 5.50. The molecule has 1 saturated carbocycles. The summed E-state index contributed by atoms with van der Waals surface area (Å²) in [6.45, 7) is 3.77. The number of benzene rings is 2. The molecule has 0 radical (unpaired) electrons. The first kappa shape index (κ1) is 15.5. The Morgan fingerprint density at radius 1 is 0.857 bits per heavy atom. The molecule has 1 aliphatic carbocycles. The molecule has 0 amide bonds. The van der Waals surface area contributed by atoms with E-state index in [2.05, 4.69) is 30.8 Å². The molecule has 0 heterocycles. The second-order valence-electron chi connectivity index (χ2n) is 5.50. The largest absolute Gasteiger partial charge is 0.207 e. The van der Waals surface area contributed by atoms with E-state index in [1.165, 1.54) is 55.4 Å². The summed E-state index contributed by atoms with van der Waals surface area (Å²) >= 11 is 0. The Morgan fingerprint density at radius 3 is 1.95 bits per heavy atom. The van der Waals surface area contributed by atoms with Crippen LogP contribution < -0.4 is 0 Å². The zero-order valence-corrected chi connectivity index (χ0v) is 12.5. The third kappa shape index (κ3) is 5.18. The lowest BCUT2D eigenvalue weighted by Gasteiger charge is -2.21. The third-order valence-electron chi connectivity index (χ3n) is 3.98. The van der Waals surface area contributed by atoms with Crippen molar-refractivity contribution in [2.45, 2.75) is 38.0 Å². The summed E-state index contributed by atoms with van der Waals surface area (Å²) in [5.41, 5.74) is 2.75. The summed E-state index contributed by atoms with van der Waals surface area (Å²) in [6.07, 6.45) is 8.93. The molecule has 2 aromatic carbocycles. The van der Waals surface area contributed by atoms with Gasteiger partial charge in [0.05, 0.1) is 0 Å². The Balaban J connectivity index is 0.000000194. The van der Waals surface area contributed by atoms with Crippen LogP contribution >= 0.6 is 0 Å². The van der Waals surface area contributed by atoms with Crippen LogP contribution in [0.1, 0.15) is 49.1 Å². The van der Waals surface area contributed by atoms with Crippen molar-refractivity contribution in [1.82, 2.24) is 0 Å². The number of rotatable bonds is 2. The Kier molecular flexibility index (Phi) is 6.21. The van der Waals surface area contributed by atoms with E-state index in [0.717, 1.165) is 5.92 Å². The van der Waals surface area contributed by atoms with Crippen molar-refractivity contribution < 1.29 is 4.39 Å². The molecule has 0 saturated heterocycles. The van der Waals surface area contributed by atoms with Gasteiger partial charge in [0.25, 0.3) is 0 Å². The van der Waals surface area contributed by atoms with Crippen LogP contribution in [0.25, 0.3) is 6.08 Å². The number of hydrogen-bond acceptors (Lipinski definition) is 0. The Labute approximate surface area is 127 Å². The van der Waals surface area contributed by atoms with Gasteiger partial charge in [-0.25, -0.2) is 4.39 Å². The van der Waals surface area contributed by atoms with Crippen LogP contribution in [-0.4, -0.2) is 0 Å². The maximum Gasteiger partial charge on any atom is 0.123 e. The monoisotopic (exact) mass is 282 g/mol. The molecule has 0 spiro atoms. The van der Waals surface area contributed by atoms with Crippen LogP contribution in [0.4, 0.5) is 4.39 Å². The van der Waals surface area contributed by atoms with Gasteiger partial charge in [-0.05, 0) is 42.0 Å². The first-order valence-corrected chi connectivity index (χ1v) is 7.72. The van der Waals surface area contributed by atoms with E-state index >= 15 is 0 Å². The first-order valence-electron chi connectivity index (χ1n) is 7.72. The summed E-state index contributed by atoms with van der Waals surface area (Å²) in [5.74, 6) is 0.644. The van der Waals surface area contributed by atoms with Gasteiger partial charge in [-0.1, -0.05) is 74.4 Å². The predicted octanol–water partition coefficient (Wildman–Crippen LogP) is 6.20. The normalized spacial score (nSPS) is 14.9. The molecule has 0 atom stereocenters. The summed E-state index contributed by atoms with van der Waals surface area (Å²) < 4.78 is 11.9. The van der Waals surface area contributed by atoms with Gasteiger partial charge in [-0.15, -0.1) is 0 Å². The van der Waals surface area contributed by atoms with Crippen LogP contribution in [-0.2, 0) is 0 Å². The van der Waals surface area contributed by atoms with E-state index in [0.29, 0.717) is 0 Å². The van der Waals surface area contributed by atoms with Gasteiger partial charge in [-0.3, -0.25) is 0 Å². The number of halogens is 1. The molecule has 0 nitrogen and oxygen atoms in total. The van der Waals surface area contributed by atoms with Gasteiger partial charge >= 0.3 is 0 Å². The number of hydrogen-bond donors (Lipinski definition) is 0. The minimum absolute atomic E-state index is 0.178. The van der Waals surface area contributed by atoms with E-state index in [-0.39, 0.29) is 5.82 Å². The molecular weight excluding hydrogens is 259 g/mol. The minimum atomic E-state index is -0.178. The van der Waals surface area contributed by atoms with Crippen molar-refractivity contribution in [3.8, 4) is 0 Å². The standard InChI is InChI=1S/C14H18.C6H5F/c1-2-12-8-10-14(11-9-12)13-6-4-3-5-7-13;7-6-4-2-1-3-5-6/h2,8-11,13H,1,3-7H2;1-5H. The van der Waals surface area contributed by atoms with Crippen LogP contribution in [0, 0.1) is 5.82 Å². The summed E-state index contributed by atoms with van der Waals surface area (Å²) in [4.78, 5) is 0. The summed E-state index contributed by atoms with van der Waals surface area (Å²) in [5, 5.41) is 0. The van der Waals surface area contributed by atoms with Crippen LogP contribution in [0.15, 0.2) is 61.2 Å². The molecule has 2 aromatic rings. The highest BCUT2D eigenvalue weighted by Gasteiger charge is 2.14. The maximum absolute atomic E-state index is 11.9. The highest BCUT2D eigenvalue weighted by atomic mass is 19.1. The fourth-order valence-electron chi connectivity index (χ4n) is 2.75. The smallest absolute Gasteiger partial charge is 0.123 e. The van der Waals surface area contributed by atoms with Crippen molar-refractivity contribution in [1.29, 1.82) is 0 Å². The van der Waals surface area contributed by atoms with Crippen LogP contribution in [0.2, 0.25) is 0 Å². The van der Waals surface area contributed by atoms with E-state index in [1.807, 2.05) is 6.08 Å². The fraction of sp³-hybridized carbons (Fsp3) is 0.300. The predicted molar refractivity (Wildman–Crippen MR) is 88.8 cm³/mol. The van der Waals surface area contributed by atoms with E-state index in [9.17, 15) is 4.39 Å². The molecule has 0 bridgehead atoms. The lowest BCUT2D eigenvalue weighted by Crippen LogP contribution is -2.04. The first-order chi connectivity index (χ1) is 10.3. The summed E-state index contributed by atoms with van der Waals surface area (Å²) in [7, 11) is 0. The zero-order chi connectivity index (χ0) is 14.9. The van der Waals surface area contributed by atoms with Crippen molar-refractivity contribution >= 4 is 6.08 Å². The fourth-order valence-corrected chi connectivity index (χ4v) is 2.75. The summed E-state index contributed by atoms with van der Waals surface area (Å²) in [6, 6.07) is 16.8. The highest BCUT2D eigenvalue weighted by Crippen LogP contribution is 2.32. The zero-order valence-electron chi connectivity index (χ0n) is 12.5. The SMILES string of the molecule is C=Cc1ccc(C2CCCCC2)cc1.Fc1ccccc1. The van der Waals surface area contributed by atoms with Crippen LogP contribution in [0.5, 0.6) is 0 Å². The average Bonchev–Trinajstić information content (AvgIpc) is 2.57. The molecule has 1 heteroatoms. The van der Waals surface area contributed by atoms with Gasteiger partial charge < -0.3 is 0 Å². The van der Waals surface area contributed by atoms with Gasteiger partial charge in [0.1, 0.15) is 5.82 Å². The molecule has 1 aliphatic rings. The Morgan fingerprint density at radius 2 is 1.48 bits per heavy atom. The Bertz CT molecular complexity index is 522. The molecule has 0 aliphatic heterocycles. The van der Waals surface area contributed by atoms with Crippen molar-refractivity contribution in [2.24, 2.45) is 0 Å². The van der Waals surface area contributed by atoms with E-state index < -0.39 is 0 Å². The lowest BCUT2D eigenvalue weighted by atomic mass is 9.84. The van der Waals surface area contributed by atoms with Gasteiger partial charge in [0, 0.05) is 0 Å². The average molecular weight is 282 g/mol. The van der Waals surface area contributed by atoms with Gasteiger partial charge in [-0.2, -0.15) is 0 Å². The molecule has 0 N–H and O–H groups in total. The molecule has 0 aromatic heterocycles.